The number of carboxylic acid groups (broad SMARTS) is 1. The van der Waals surface area contributed by atoms with Gasteiger partial charge >= 0.3 is 5.97 Å². The highest BCUT2D eigenvalue weighted by Crippen LogP contribution is 2.24. The Hall–Kier alpha value is -3.66. The predicted molar refractivity (Wildman–Crippen MR) is 98.9 cm³/mol. The van der Waals surface area contributed by atoms with Gasteiger partial charge in [-0.3, -0.25) is 9.78 Å². The second-order valence-corrected chi connectivity index (χ2v) is 6.68. The van der Waals surface area contributed by atoms with Gasteiger partial charge in [-0.05, 0) is 50.2 Å². The Balaban J connectivity index is 1.70. The normalized spacial score (nSPS) is 11.0. The summed E-state index contributed by atoms with van der Waals surface area (Å²) < 4.78 is 5.57. The minimum absolute atomic E-state index is 0.0858. The van der Waals surface area contributed by atoms with E-state index in [1.807, 2.05) is 30.3 Å². The summed E-state index contributed by atoms with van der Waals surface area (Å²) >= 11 is 0. The zero-order valence-corrected chi connectivity index (χ0v) is 14.9. The van der Waals surface area contributed by atoms with Crippen LogP contribution in [0.4, 0.5) is 0 Å². The Morgan fingerprint density at radius 3 is 2.48 bits per heavy atom. The van der Waals surface area contributed by atoms with Gasteiger partial charge in [-0.1, -0.05) is 0 Å². The first-order valence-corrected chi connectivity index (χ1v) is 8.27. The summed E-state index contributed by atoms with van der Waals surface area (Å²) in [6, 6.07) is 13.0. The molecule has 0 fully saturated rings. The van der Waals surface area contributed by atoms with E-state index >= 15 is 0 Å². The minimum atomic E-state index is -0.951. The van der Waals surface area contributed by atoms with Crippen molar-refractivity contribution in [1.82, 2.24) is 15.0 Å². The van der Waals surface area contributed by atoms with Crippen LogP contribution in [0.25, 0.3) is 22.6 Å². The lowest BCUT2D eigenvalue weighted by atomic mass is 9.95. The summed E-state index contributed by atoms with van der Waals surface area (Å²) in [7, 11) is 0. The quantitative estimate of drug-likeness (QED) is 0.694. The molecular weight excluding hydrogens is 344 g/mol. The molecule has 27 heavy (non-hydrogen) atoms. The molecule has 3 aromatic rings. The number of aromatic amines is 1. The van der Waals surface area contributed by atoms with E-state index in [-0.39, 0.29) is 6.61 Å². The van der Waals surface area contributed by atoms with Gasteiger partial charge in [-0.25, -0.2) is 4.98 Å². The molecule has 7 nitrogen and oxygen atoms in total. The number of hydrogen-bond acceptors (Lipinski definition) is 5. The number of H-pyrrole nitrogens is 1. The molecule has 2 N–H and O–H groups in total. The Labute approximate surface area is 156 Å². The molecule has 2 aromatic heterocycles. The summed E-state index contributed by atoms with van der Waals surface area (Å²) in [5.41, 5.74) is 1.85. The smallest absolute Gasteiger partial charge is 0.312 e. The number of benzene rings is 1. The molecule has 0 amide bonds. The average molecular weight is 362 g/mol. The SMILES string of the molecule is CC(C)(COc1ccc(-c2ccc(-c3nc(C#N)c[nH]3)cn2)cc1)C(=O)O. The number of nitrogens with zero attached hydrogens (tertiary/aromatic N) is 3. The fourth-order valence-electron chi connectivity index (χ4n) is 2.28. The second-order valence-electron chi connectivity index (χ2n) is 6.68. The molecule has 0 aliphatic heterocycles. The fourth-order valence-corrected chi connectivity index (χ4v) is 2.28. The van der Waals surface area contributed by atoms with Crippen LogP contribution in [0.2, 0.25) is 0 Å². The molecule has 0 aliphatic rings. The zero-order chi connectivity index (χ0) is 19.4. The van der Waals surface area contributed by atoms with Gasteiger partial charge < -0.3 is 14.8 Å². The van der Waals surface area contributed by atoms with Crippen molar-refractivity contribution >= 4 is 5.97 Å². The van der Waals surface area contributed by atoms with Crippen LogP contribution in [-0.2, 0) is 4.79 Å². The lowest BCUT2D eigenvalue weighted by Crippen LogP contribution is -2.30. The van der Waals surface area contributed by atoms with Gasteiger partial charge in [-0.2, -0.15) is 5.26 Å². The number of nitriles is 1. The van der Waals surface area contributed by atoms with Crippen molar-refractivity contribution in [3.05, 3.63) is 54.5 Å². The summed E-state index contributed by atoms with van der Waals surface area (Å²) in [5, 5.41) is 18.0. The lowest BCUT2D eigenvalue weighted by Gasteiger charge is -2.19. The van der Waals surface area contributed by atoms with E-state index < -0.39 is 11.4 Å². The molecule has 136 valence electrons. The molecule has 1 aromatic carbocycles. The first kappa shape index (κ1) is 18.1. The second kappa shape index (κ2) is 7.30. The highest BCUT2D eigenvalue weighted by atomic mass is 16.5. The molecular formula is C20H18N4O3. The van der Waals surface area contributed by atoms with E-state index in [0.29, 0.717) is 17.3 Å². The Morgan fingerprint density at radius 2 is 1.93 bits per heavy atom. The molecule has 0 saturated heterocycles. The number of aromatic nitrogens is 3. The van der Waals surface area contributed by atoms with Crippen LogP contribution in [0.1, 0.15) is 19.5 Å². The van der Waals surface area contributed by atoms with Crippen molar-refractivity contribution < 1.29 is 14.6 Å². The molecule has 0 aliphatic carbocycles. The number of rotatable bonds is 6. The van der Waals surface area contributed by atoms with E-state index in [1.165, 1.54) is 0 Å². The Bertz CT molecular complexity index is 983. The van der Waals surface area contributed by atoms with Crippen molar-refractivity contribution in [2.75, 3.05) is 6.61 Å². The summed E-state index contributed by atoms with van der Waals surface area (Å²) in [6.45, 7) is 3.32. The Morgan fingerprint density at radius 1 is 1.22 bits per heavy atom. The van der Waals surface area contributed by atoms with E-state index in [4.69, 9.17) is 15.1 Å². The molecule has 0 unspecified atom stereocenters. The minimum Gasteiger partial charge on any atom is -0.492 e. The predicted octanol–water partition coefficient (Wildman–Crippen LogP) is 3.50. The van der Waals surface area contributed by atoms with E-state index in [0.717, 1.165) is 16.8 Å². The molecule has 3 rings (SSSR count). The van der Waals surface area contributed by atoms with Crippen LogP contribution in [0.5, 0.6) is 5.75 Å². The molecule has 2 heterocycles. The van der Waals surface area contributed by atoms with Crippen molar-refractivity contribution in [2.24, 2.45) is 5.41 Å². The van der Waals surface area contributed by atoms with Crippen LogP contribution in [0, 0.1) is 16.7 Å². The summed E-state index contributed by atoms with van der Waals surface area (Å²) in [6.07, 6.45) is 3.24. The number of carboxylic acids is 1. The van der Waals surface area contributed by atoms with Crippen LogP contribution in [0.15, 0.2) is 48.8 Å². The maximum Gasteiger partial charge on any atom is 0.312 e. The molecule has 0 bridgehead atoms. The maximum absolute atomic E-state index is 11.1. The van der Waals surface area contributed by atoms with Crippen LogP contribution < -0.4 is 4.74 Å². The average Bonchev–Trinajstić information content (AvgIpc) is 3.16. The molecule has 0 radical (unpaired) electrons. The van der Waals surface area contributed by atoms with Crippen molar-refractivity contribution in [3.63, 3.8) is 0 Å². The van der Waals surface area contributed by atoms with Crippen molar-refractivity contribution in [1.29, 1.82) is 5.26 Å². The number of imidazole rings is 1. The van der Waals surface area contributed by atoms with E-state index in [9.17, 15) is 4.79 Å². The van der Waals surface area contributed by atoms with Crippen molar-refractivity contribution in [3.8, 4) is 34.5 Å². The topological polar surface area (TPSA) is 112 Å². The van der Waals surface area contributed by atoms with Gasteiger partial charge in [0, 0.05) is 23.5 Å². The third-order valence-corrected chi connectivity index (χ3v) is 4.06. The van der Waals surface area contributed by atoms with Crippen LogP contribution >= 0.6 is 0 Å². The zero-order valence-electron chi connectivity index (χ0n) is 14.9. The molecule has 0 atom stereocenters. The summed E-state index contributed by atoms with van der Waals surface area (Å²) in [4.78, 5) is 22.6. The van der Waals surface area contributed by atoms with Gasteiger partial charge in [0.15, 0.2) is 5.69 Å². The van der Waals surface area contributed by atoms with E-state index in [1.54, 1.807) is 38.4 Å². The maximum atomic E-state index is 11.1. The Kier molecular flexibility index (Phi) is 4.90. The van der Waals surface area contributed by atoms with Crippen LogP contribution in [-0.4, -0.2) is 32.6 Å². The fraction of sp³-hybridized carbons (Fsp3) is 0.200. The molecule has 0 spiro atoms. The van der Waals surface area contributed by atoms with Crippen molar-refractivity contribution in [2.45, 2.75) is 13.8 Å². The van der Waals surface area contributed by atoms with Gasteiger partial charge in [0.05, 0.1) is 11.1 Å². The number of hydrogen-bond donors (Lipinski definition) is 2. The number of nitrogens with one attached hydrogen (secondary N) is 1. The first-order chi connectivity index (χ1) is 12.9. The monoisotopic (exact) mass is 362 g/mol. The number of ether oxygens (including phenoxy) is 1. The first-order valence-electron chi connectivity index (χ1n) is 8.27. The summed E-state index contributed by atoms with van der Waals surface area (Å²) in [5.74, 6) is 0.293. The molecule has 0 saturated carbocycles. The lowest BCUT2D eigenvalue weighted by molar-refractivity contribution is -0.148. The van der Waals surface area contributed by atoms with Gasteiger partial charge in [0.1, 0.15) is 24.3 Å². The third-order valence-electron chi connectivity index (χ3n) is 4.06. The van der Waals surface area contributed by atoms with Gasteiger partial charge in [0.25, 0.3) is 0 Å². The third kappa shape index (κ3) is 4.12. The standard InChI is InChI=1S/C20H18N4O3/c1-20(2,19(25)26)12-27-16-6-3-13(4-7-16)17-8-5-14(10-22-17)18-23-11-15(9-21)24-18/h3-8,10-11H,12H2,1-2H3,(H,23,24)(H,25,26). The number of carbonyl (C=O) groups is 1. The number of aliphatic carboxylic acids is 1. The van der Waals surface area contributed by atoms with Gasteiger partial charge in [0.2, 0.25) is 0 Å². The van der Waals surface area contributed by atoms with Crippen LogP contribution in [0.3, 0.4) is 0 Å². The highest BCUT2D eigenvalue weighted by molar-refractivity contribution is 5.73. The largest absolute Gasteiger partial charge is 0.492 e. The van der Waals surface area contributed by atoms with Gasteiger partial charge in [-0.15, -0.1) is 0 Å². The highest BCUT2D eigenvalue weighted by Gasteiger charge is 2.28. The molecule has 7 heteroatoms. The number of pyridine rings is 1. The van der Waals surface area contributed by atoms with E-state index in [2.05, 4.69) is 15.0 Å².